The molecule has 1 aromatic rings. The monoisotopic (exact) mass is 360 g/mol. The van der Waals surface area contributed by atoms with Gasteiger partial charge in [-0.1, -0.05) is 30.4 Å². The highest BCUT2D eigenvalue weighted by molar-refractivity contribution is 8.18. The topological polar surface area (TPSA) is 66.5 Å². The Morgan fingerprint density at radius 1 is 1.24 bits per heavy atom. The lowest BCUT2D eigenvalue weighted by molar-refractivity contribution is -0.123. The van der Waals surface area contributed by atoms with Crippen LogP contribution in [0.1, 0.15) is 12.5 Å². The Hall–Kier alpha value is -2.67. The van der Waals surface area contributed by atoms with Gasteiger partial charge in [0.15, 0.2) is 0 Å². The fourth-order valence-electron chi connectivity index (χ4n) is 2.01. The van der Waals surface area contributed by atoms with Gasteiger partial charge in [0, 0.05) is 19.2 Å². The van der Waals surface area contributed by atoms with E-state index in [-0.39, 0.29) is 29.7 Å². The maximum absolute atomic E-state index is 12.9. The van der Waals surface area contributed by atoms with Crippen LogP contribution in [0.2, 0.25) is 0 Å². The van der Waals surface area contributed by atoms with Crippen LogP contribution in [0.3, 0.4) is 0 Å². The number of rotatable bonds is 6. The highest BCUT2D eigenvalue weighted by Gasteiger charge is 2.34. The quantitative estimate of drug-likeness (QED) is 0.625. The summed E-state index contributed by atoms with van der Waals surface area (Å²) in [6.45, 7) is 2.09. The second kappa shape index (κ2) is 8.98. The second-order valence-corrected chi connectivity index (χ2v) is 6.05. The average molecular weight is 360 g/mol. The number of hydrogen-bond donors (Lipinski definition) is 1. The molecule has 2 rings (SSSR count). The molecule has 3 amide bonds. The van der Waals surface area contributed by atoms with E-state index in [1.165, 1.54) is 30.3 Å². The minimum atomic E-state index is -0.418. The van der Waals surface area contributed by atoms with Crippen LogP contribution >= 0.6 is 11.8 Å². The van der Waals surface area contributed by atoms with Crippen LogP contribution in [0.4, 0.5) is 9.18 Å². The molecule has 1 heterocycles. The van der Waals surface area contributed by atoms with E-state index in [0.717, 1.165) is 16.7 Å². The summed E-state index contributed by atoms with van der Waals surface area (Å²) in [4.78, 5) is 37.1. The molecular formula is C18H17FN2O3S. The third kappa shape index (κ3) is 5.42. The first kappa shape index (κ1) is 18.7. The molecule has 25 heavy (non-hydrogen) atoms. The predicted molar refractivity (Wildman–Crippen MR) is 96.0 cm³/mol. The predicted octanol–water partition coefficient (Wildman–Crippen LogP) is 3.11. The highest BCUT2D eigenvalue weighted by Crippen LogP contribution is 2.31. The molecule has 0 spiro atoms. The van der Waals surface area contributed by atoms with Gasteiger partial charge in [0.1, 0.15) is 5.82 Å². The molecule has 1 fully saturated rings. The number of imide groups is 1. The number of halogens is 1. The minimum Gasteiger partial charge on any atom is -0.351 e. The number of hydrogen-bond acceptors (Lipinski definition) is 4. The summed E-state index contributed by atoms with van der Waals surface area (Å²) in [6.07, 6.45) is 8.01. The van der Waals surface area contributed by atoms with E-state index in [4.69, 9.17) is 0 Å². The van der Waals surface area contributed by atoms with Gasteiger partial charge in [-0.05, 0) is 42.5 Å². The van der Waals surface area contributed by atoms with Crippen molar-refractivity contribution in [3.05, 3.63) is 64.9 Å². The number of nitrogens with one attached hydrogen (secondary N) is 1. The van der Waals surface area contributed by atoms with Gasteiger partial charge in [0.25, 0.3) is 11.1 Å². The first-order chi connectivity index (χ1) is 12.0. The van der Waals surface area contributed by atoms with Gasteiger partial charge in [-0.25, -0.2) is 4.39 Å². The lowest BCUT2D eigenvalue weighted by atomic mass is 10.2. The Bertz CT molecular complexity index is 754. The largest absolute Gasteiger partial charge is 0.351 e. The number of allylic oxidation sites excluding steroid dienone is 3. The molecule has 0 saturated carbocycles. The van der Waals surface area contributed by atoms with Gasteiger partial charge >= 0.3 is 0 Å². The van der Waals surface area contributed by atoms with Gasteiger partial charge in [-0.3, -0.25) is 19.3 Å². The molecule has 0 bridgehead atoms. The smallest absolute Gasteiger partial charge is 0.293 e. The molecule has 1 aromatic carbocycles. The zero-order valence-corrected chi connectivity index (χ0v) is 14.4. The average Bonchev–Trinajstić information content (AvgIpc) is 2.84. The Morgan fingerprint density at radius 2 is 1.96 bits per heavy atom. The van der Waals surface area contributed by atoms with Crippen LogP contribution in [0.5, 0.6) is 0 Å². The normalized spacial score (nSPS) is 16.6. The van der Waals surface area contributed by atoms with Crippen LogP contribution < -0.4 is 5.32 Å². The summed E-state index contributed by atoms with van der Waals surface area (Å²) in [5.41, 5.74) is 0.634. The maximum Gasteiger partial charge on any atom is 0.293 e. The van der Waals surface area contributed by atoms with E-state index in [0.29, 0.717) is 5.56 Å². The van der Waals surface area contributed by atoms with E-state index in [2.05, 4.69) is 5.32 Å². The molecular weight excluding hydrogens is 343 g/mol. The summed E-state index contributed by atoms with van der Waals surface area (Å²) < 4.78 is 12.9. The lowest BCUT2D eigenvalue weighted by Gasteiger charge is -2.12. The molecule has 130 valence electrons. The molecule has 0 unspecified atom stereocenters. The molecule has 0 radical (unpaired) electrons. The van der Waals surface area contributed by atoms with Crippen LogP contribution in [0, 0.1) is 5.82 Å². The van der Waals surface area contributed by atoms with Gasteiger partial charge in [-0.2, -0.15) is 0 Å². The van der Waals surface area contributed by atoms with Crippen LogP contribution in [0.25, 0.3) is 6.08 Å². The molecule has 5 nitrogen and oxygen atoms in total. The number of carbonyl (C=O) groups is 3. The first-order valence-electron chi connectivity index (χ1n) is 7.59. The summed E-state index contributed by atoms with van der Waals surface area (Å²) in [6, 6.07) is 5.63. The summed E-state index contributed by atoms with van der Waals surface area (Å²) in [5.74, 6) is -1.09. The Morgan fingerprint density at radius 3 is 2.64 bits per heavy atom. The SMILES string of the molecule is C/C=C/C=C/C(=O)NCCN1C(=O)S/C(=C\c2ccc(F)cc2)C1=O. The van der Waals surface area contributed by atoms with E-state index in [1.807, 2.05) is 6.92 Å². The first-order valence-corrected chi connectivity index (χ1v) is 8.41. The second-order valence-electron chi connectivity index (χ2n) is 5.06. The van der Waals surface area contributed by atoms with Gasteiger partial charge in [0.2, 0.25) is 5.91 Å². The van der Waals surface area contributed by atoms with Crippen molar-refractivity contribution in [3.8, 4) is 0 Å². The van der Waals surface area contributed by atoms with E-state index < -0.39 is 11.1 Å². The Labute approximate surface area is 149 Å². The number of amides is 3. The maximum atomic E-state index is 12.9. The molecule has 0 atom stereocenters. The van der Waals surface area contributed by atoms with Crippen molar-refractivity contribution in [2.75, 3.05) is 13.1 Å². The van der Waals surface area contributed by atoms with Crippen molar-refractivity contribution in [2.24, 2.45) is 0 Å². The zero-order valence-electron chi connectivity index (χ0n) is 13.6. The van der Waals surface area contributed by atoms with Crippen molar-refractivity contribution >= 4 is 34.9 Å². The third-order valence-corrected chi connectivity index (χ3v) is 4.13. The fourth-order valence-corrected chi connectivity index (χ4v) is 2.87. The van der Waals surface area contributed by atoms with Gasteiger partial charge in [0.05, 0.1) is 4.91 Å². The molecule has 1 aliphatic heterocycles. The number of nitrogens with zero attached hydrogens (tertiary/aromatic N) is 1. The van der Waals surface area contributed by atoms with Crippen molar-refractivity contribution in [1.82, 2.24) is 10.2 Å². The van der Waals surface area contributed by atoms with E-state index in [1.54, 1.807) is 24.3 Å². The Balaban J connectivity index is 1.92. The molecule has 1 aliphatic rings. The number of thioether (sulfide) groups is 1. The van der Waals surface area contributed by atoms with Crippen molar-refractivity contribution < 1.29 is 18.8 Å². The fraction of sp³-hybridized carbons (Fsp3) is 0.167. The molecule has 0 aromatic heterocycles. The zero-order chi connectivity index (χ0) is 18.2. The number of benzene rings is 1. The third-order valence-electron chi connectivity index (χ3n) is 3.23. The highest BCUT2D eigenvalue weighted by atomic mass is 32.2. The number of carbonyl (C=O) groups excluding carboxylic acids is 3. The van der Waals surface area contributed by atoms with E-state index >= 15 is 0 Å². The molecule has 1 N–H and O–H groups in total. The van der Waals surface area contributed by atoms with Crippen molar-refractivity contribution in [2.45, 2.75) is 6.92 Å². The van der Waals surface area contributed by atoms with Crippen LogP contribution in [-0.4, -0.2) is 35.0 Å². The van der Waals surface area contributed by atoms with E-state index in [9.17, 15) is 18.8 Å². The minimum absolute atomic E-state index is 0.0919. The molecule has 0 aliphatic carbocycles. The van der Waals surface area contributed by atoms with Crippen LogP contribution in [0.15, 0.2) is 53.5 Å². The van der Waals surface area contributed by atoms with Crippen molar-refractivity contribution in [3.63, 3.8) is 0 Å². The summed E-state index contributed by atoms with van der Waals surface area (Å²) >= 11 is 0.825. The van der Waals surface area contributed by atoms with Crippen molar-refractivity contribution in [1.29, 1.82) is 0 Å². The lowest BCUT2D eigenvalue weighted by Crippen LogP contribution is -2.36. The summed E-state index contributed by atoms with van der Waals surface area (Å²) in [7, 11) is 0. The standard InChI is InChI=1S/C18H17FN2O3S/c1-2-3-4-5-16(22)20-10-11-21-17(23)15(25-18(21)24)12-13-6-8-14(19)9-7-13/h2-9,12H,10-11H2,1H3,(H,20,22)/b3-2+,5-4+,15-12-. The molecule has 7 heteroatoms. The molecule has 1 saturated heterocycles. The van der Waals surface area contributed by atoms with Gasteiger partial charge < -0.3 is 5.32 Å². The summed E-state index contributed by atoms with van der Waals surface area (Å²) in [5, 5.41) is 2.21. The van der Waals surface area contributed by atoms with Crippen LogP contribution in [-0.2, 0) is 9.59 Å². The van der Waals surface area contributed by atoms with Gasteiger partial charge in [-0.15, -0.1) is 0 Å². The Kier molecular flexibility index (Phi) is 6.71.